The maximum atomic E-state index is 9.05. The van der Waals surface area contributed by atoms with Crippen LogP contribution in [0.1, 0.15) is 11.1 Å². The van der Waals surface area contributed by atoms with Gasteiger partial charge in [-0.1, -0.05) is 35.9 Å². The van der Waals surface area contributed by atoms with E-state index in [4.69, 9.17) is 5.26 Å². The lowest BCUT2D eigenvalue weighted by Gasteiger charge is -2.01. The van der Waals surface area contributed by atoms with Crippen LogP contribution < -0.4 is 0 Å². The third kappa shape index (κ3) is 2.17. The van der Waals surface area contributed by atoms with Crippen molar-refractivity contribution in [3.8, 4) is 16.7 Å². The van der Waals surface area contributed by atoms with E-state index in [1.165, 1.54) is 5.56 Å². The fourth-order valence-corrected chi connectivity index (χ4v) is 2.76. The van der Waals surface area contributed by atoms with Crippen molar-refractivity contribution in [3.05, 3.63) is 53.7 Å². The SMILES string of the molecule is Cc1ccc(-c2nc3ccc(C)cn3c2SC#N)cc1. The van der Waals surface area contributed by atoms with Gasteiger partial charge in [0, 0.05) is 23.5 Å². The fourth-order valence-electron chi connectivity index (χ4n) is 2.17. The van der Waals surface area contributed by atoms with E-state index in [9.17, 15) is 0 Å². The first-order valence-corrected chi connectivity index (χ1v) is 7.12. The molecule has 0 bridgehead atoms. The summed E-state index contributed by atoms with van der Waals surface area (Å²) < 4.78 is 1.98. The summed E-state index contributed by atoms with van der Waals surface area (Å²) >= 11 is 1.15. The number of aryl methyl sites for hydroxylation is 2. The van der Waals surface area contributed by atoms with E-state index in [2.05, 4.69) is 29.4 Å². The van der Waals surface area contributed by atoms with Gasteiger partial charge in [-0.25, -0.2) is 4.98 Å². The van der Waals surface area contributed by atoms with Crippen LogP contribution in [-0.4, -0.2) is 9.38 Å². The van der Waals surface area contributed by atoms with Crippen molar-refractivity contribution in [2.24, 2.45) is 0 Å². The molecule has 2 heterocycles. The fraction of sp³-hybridized carbons (Fsp3) is 0.125. The molecular formula is C16H13N3S. The summed E-state index contributed by atoms with van der Waals surface area (Å²) in [4.78, 5) is 4.66. The summed E-state index contributed by atoms with van der Waals surface area (Å²) in [6, 6.07) is 12.2. The Morgan fingerprint density at radius 2 is 1.75 bits per heavy atom. The number of fused-ring (bicyclic) bond motifs is 1. The van der Waals surface area contributed by atoms with Gasteiger partial charge in [0.1, 0.15) is 21.8 Å². The Bertz CT molecular complexity index is 810. The summed E-state index contributed by atoms with van der Waals surface area (Å²) in [6.07, 6.45) is 2.01. The van der Waals surface area contributed by atoms with E-state index < -0.39 is 0 Å². The van der Waals surface area contributed by atoms with Crippen LogP contribution >= 0.6 is 11.8 Å². The first kappa shape index (κ1) is 12.8. The number of aromatic nitrogens is 2. The zero-order chi connectivity index (χ0) is 14.1. The quantitative estimate of drug-likeness (QED) is 0.521. The third-order valence-electron chi connectivity index (χ3n) is 3.19. The molecular weight excluding hydrogens is 266 g/mol. The number of nitrogens with zero attached hydrogens (tertiary/aromatic N) is 3. The number of benzene rings is 1. The monoisotopic (exact) mass is 279 g/mol. The highest BCUT2D eigenvalue weighted by atomic mass is 32.2. The van der Waals surface area contributed by atoms with Gasteiger partial charge in [-0.3, -0.25) is 4.40 Å². The normalized spacial score (nSPS) is 10.7. The maximum Gasteiger partial charge on any atom is 0.140 e. The maximum absolute atomic E-state index is 9.05. The summed E-state index contributed by atoms with van der Waals surface area (Å²) in [5, 5.41) is 12.1. The van der Waals surface area contributed by atoms with E-state index >= 15 is 0 Å². The minimum atomic E-state index is 0.863. The second-order valence-electron chi connectivity index (χ2n) is 4.76. The predicted molar refractivity (Wildman–Crippen MR) is 81.6 cm³/mol. The zero-order valence-electron chi connectivity index (χ0n) is 11.3. The number of rotatable bonds is 2. The number of hydrogen-bond donors (Lipinski definition) is 0. The third-order valence-corrected chi connectivity index (χ3v) is 3.86. The zero-order valence-corrected chi connectivity index (χ0v) is 12.1. The van der Waals surface area contributed by atoms with E-state index in [0.717, 1.165) is 39.3 Å². The van der Waals surface area contributed by atoms with Crippen molar-refractivity contribution in [2.45, 2.75) is 18.9 Å². The van der Waals surface area contributed by atoms with Crippen LogP contribution in [0.15, 0.2) is 47.6 Å². The average molecular weight is 279 g/mol. The Hall–Kier alpha value is -2.25. The Morgan fingerprint density at radius 3 is 2.45 bits per heavy atom. The number of thiocyanates is 1. The molecule has 0 radical (unpaired) electrons. The predicted octanol–water partition coefficient (Wildman–Crippen LogP) is 4.19. The standard InChI is InChI=1S/C16H13N3S/c1-11-3-6-13(7-4-11)15-16(20-10-17)19-9-12(2)5-8-14(19)18-15/h3-9H,1-2H3. The van der Waals surface area contributed by atoms with E-state index in [1.807, 2.05) is 41.8 Å². The highest BCUT2D eigenvalue weighted by Gasteiger charge is 2.14. The second kappa shape index (κ2) is 5.03. The molecule has 0 aliphatic carbocycles. The molecule has 2 aromatic heterocycles. The lowest BCUT2D eigenvalue weighted by Crippen LogP contribution is -1.87. The van der Waals surface area contributed by atoms with Gasteiger partial charge in [0.05, 0.1) is 0 Å². The molecule has 0 aliphatic rings. The van der Waals surface area contributed by atoms with Gasteiger partial charge >= 0.3 is 0 Å². The highest BCUT2D eigenvalue weighted by Crippen LogP contribution is 2.31. The minimum Gasteiger partial charge on any atom is -0.293 e. The lowest BCUT2D eigenvalue weighted by molar-refractivity contribution is 1.04. The molecule has 20 heavy (non-hydrogen) atoms. The number of hydrogen-bond acceptors (Lipinski definition) is 3. The molecule has 0 N–H and O–H groups in total. The lowest BCUT2D eigenvalue weighted by atomic mass is 10.1. The molecule has 0 saturated heterocycles. The first-order chi connectivity index (χ1) is 9.69. The van der Waals surface area contributed by atoms with E-state index in [-0.39, 0.29) is 0 Å². The summed E-state index contributed by atoms with van der Waals surface area (Å²) in [7, 11) is 0. The smallest absolute Gasteiger partial charge is 0.140 e. The molecule has 0 spiro atoms. The Labute approximate surface area is 121 Å². The number of thioether (sulfide) groups is 1. The molecule has 0 atom stereocenters. The number of pyridine rings is 1. The molecule has 0 saturated carbocycles. The van der Waals surface area contributed by atoms with Crippen molar-refractivity contribution in [3.63, 3.8) is 0 Å². The Morgan fingerprint density at radius 1 is 1.05 bits per heavy atom. The van der Waals surface area contributed by atoms with Gasteiger partial charge in [-0.05, 0) is 25.5 Å². The van der Waals surface area contributed by atoms with E-state index in [1.54, 1.807) is 0 Å². The van der Waals surface area contributed by atoms with Crippen molar-refractivity contribution < 1.29 is 0 Å². The van der Waals surface area contributed by atoms with Crippen molar-refractivity contribution >= 4 is 17.4 Å². The molecule has 1 aromatic carbocycles. The molecule has 3 aromatic rings. The number of imidazole rings is 1. The molecule has 0 unspecified atom stereocenters. The average Bonchev–Trinajstić information content (AvgIpc) is 2.79. The first-order valence-electron chi connectivity index (χ1n) is 6.31. The van der Waals surface area contributed by atoms with Crippen molar-refractivity contribution in [2.75, 3.05) is 0 Å². The Kier molecular flexibility index (Phi) is 3.21. The molecule has 0 amide bonds. The topological polar surface area (TPSA) is 41.1 Å². The van der Waals surface area contributed by atoms with Gasteiger partial charge in [0.25, 0.3) is 0 Å². The number of nitriles is 1. The largest absolute Gasteiger partial charge is 0.293 e. The van der Waals surface area contributed by atoms with Crippen LogP contribution in [0.3, 0.4) is 0 Å². The van der Waals surface area contributed by atoms with Gasteiger partial charge in [-0.15, -0.1) is 0 Å². The van der Waals surface area contributed by atoms with Gasteiger partial charge < -0.3 is 0 Å². The van der Waals surface area contributed by atoms with Crippen LogP contribution in [0.25, 0.3) is 16.9 Å². The van der Waals surface area contributed by atoms with Crippen LogP contribution in [0.2, 0.25) is 0 Å². The van der Waals surface area contributed by atoms with Crippen LogP contribution in [0.5, 0.6) is 0 Å². The second-order valence-corrected chi connectivity index (χ2v) is 5.53. The van der Waals surface area contributed by atoms with E-state index in [0.29, 0.717) is 0 Å². The summed E-state index contributed by atoms with van der Waals surface area (Å²) in [6.45, 7) is 4.09. The molecule has 4 heteroatoms. The molecule has 3 rings (SSSR count). The van der Waals surface area contributed by atoms with Gasteiger partial charge in [-0.2, -0.15) is 5.26 Å². The molecule has 0 fully saturated rings. The van der Waals surface area contributed by atoms with Crippen molar-refractivity contribution in [1.29, 1.82) is 5.26 Å². The summed E-state index contributed by atoms with van der Waals surface area (Å²) in [5.41, 5.74) is 5.12. The highest BCUT2D eigenvalue weighted by molar-refractivity contribution is 8.03. The van der Waals surface area contributed by atoms with Crippen LogP contribution in [0, 0.1) is 24.5 Å². The minimum absolute atomic E-state index is 0.863. The molecule has 0 aliphatic heterocycles. The van der Waals surface area contributed by atoms with Crippen LogP contribution in [0.4, 0.5) is 0 Å². The Balaban J connectivity index is 2.26. The summed E-state index contributed by atoms with van der Waals surface area (Å²) in [5.74, 6) is 0. The van der Waals surface area contributed by atoms with Gasteiger partial charge in [0.15, 0.2) is 0 Å². The van der Waals surface area contributed by atoms with Crippen molar-refractivity contribution in [1.82, 2.24) is 9.38 Å². The van der Waals surface area contributed by atoms with Gasteiger partial charge in [0.2, 0.25) is 0 Å². The van der Waals surface area contributed by atoms with Crippen LogP contribution in [-0.2, 0) is 0 Å². The molecule has 3 nitrogen and oxygen atoms in total. The molecule has 98 valence electrons.